The molecule has 5 heteroatoms. The van der Waals surface area contributed by atoms with Gasteiger partial charge in [-0.3, -0.25) is 4.57 Å². The van der Waals surface area contributed by atoms with E-state index in [-0.39, 0.29) is 6.04 Å². The van der Waals surface area contributed by atoms with Crippen LogP contribution in [0, 0.1) is 6.92 Å². The zero-order valence-corrected chi connectivity index (χ0v) is 14.0. The van der Waals surface area contributed by atoms with Crippen LogP contribution in [0.4, 0.5) is 0 Å². The van der Waals surface area contributed by atoms with Crippen LogP contribution in [0.2, 0.25) is 0 Å². The maximum atomic E-state index is 12.2. The highest BCUT2D eigenvalue weighted by Gasteiger charge is 2.39. The second kappa shape index (κ2) is 5.97. The van der Waals surface area contributed by atoms with Crippen LogP contribution >= 0.6 is 7.60 Å². The minimum Gasteiger partial charge on any atom is -0.353 e. The van der Waals surface area contributed by atoms with Gasteiger partial charge in [0, 0.05) is 6.20 Å². The van der Waals surface area contributed by atoms with Crippen LogP contribution in [0.25, 0.3) is 6.08 Å². The van der Waals surface area contributed by atoms with Gasteiger partial charge >= 0.3 is 7.60 Å². The first-order valence-electron chi connectivity index (χ1n) is 7.54. The lowest BCUT2D eigenvalue weighted by Crippen LogP contribution is -2.29. The summed E-state index contributed by atoms with van der Waals surface area (Å²) >= 11 is 0. The van der Waals surface area contributed by atoms with E-state index < -0.39 is 13.4 Å². The van der Waals surface area contributed by atoms with Gasteiger partial charge in [-0.25, -0.2) is 0 Å². The summed E-state index contributed by atoms with van der Waals surface area (Å²) in [5, 5.41) is 0. The Balaban J connectivity index is 2.08. The van der Waals surface area contributed by atoms with Crippen molar-refractivity contribution in [2.24, 2.45) is 0 Å². The molecular weight excluding hydrogens is 309 g/mol. The van der Waals surface area contributed by atoms with Crippen LogP contribution in [0.3, 0.4) is 0 Å². The van der Waals surface area contributed by atoms with E-state index in [2.05, 4.69) is 0 Å². The number of hydrogen-bond acceptors (Lipinski definition) is 2. The Bertz CT molecular complexity index is 782. The van der Waals surface area contributed by atoms with Crippen molar-refractivity contribution in [3.05, 3.63) is 77.0 Å². The Morgan fingerprint density at radius 2 is 1.83 bits per heavy atom. The number of nitrogens with zero attached hydrogens (tertiary/aromatic N) is 1. The third-order valence-corrected chi connectivity index (χ3v) is 5.46. The quantitative estimate of drug-likeness (QED) is 0.828. The van der Waals surface area contributed by atoms with Crippen molar-refractivity contribution < 1.29 is 14.4 Å². The van der Waals surface area contributed by atoms with Gasteiger partial charge in [-0.15, -0.1) is 0 Å². The molecule has 4 nitrogen and oxygen atoms in total. The minimum atomic E-state index is -4.34. The highest BCUT2D eigenvalue weighted by Crippen LogP contribution is 2.57. The van der Waals surface area contributed by atoms with Crippen LogP contribution in [0.15, 0.2) is 54.7 Å². The molecule has 0 radical (unpaired) electrons. The first-order valence-corrected chi connectivity index (χ1v) is 9.22. The fraction of sp³-hybridized carbons (Fsp3) is 0.222. The van der Waals surface area contributed by atoms with Crippen LogP contribution in [-0.2, 0) is 4.57 Å². The first kappa shape index (κ1) is 16.0. The predicted molar refractivity (Wildman–Crippen MR) is 91.7 cm³/mol. The molecule has 0 fully saturated rings. The van der Waals surface area contributed by atoms with Gasteiger partial charge in [0.15, 0.2) is 5.78 Å². The fourth-order valence-corrected chi connectivity index (χ4v) is 4.30. The molecule has 2 N–H and O–H groups in total. The van der Waals surface area contributed by atoms with Gasteiger partial charge in [0.25, 0.3) is 0 Å². The second-order valence-electron chi connectivity index (χ2n) is 5.94. The average Bonchev–Trinajstić information content (AvgIpc) is 2.52. The Morgan fingerprint density at radius 1 is 1.13 bits per heavy atom. The molecule has 0 spiro atoms. The lowest BCUT2D eigenvalue weighted by molar-refractivity contribution is 0.230. The number of fused-ring (bicyclic) bond motifs is 1. The van der Waals surface area contributed by atoms with Crippen LogP contribution in [0.1, 0.15) is 41.0 Å². The van der Waals surface area contributed by atoms with E-state index in [4.69, 9.17) is 0 Å². The summed E-state index contributed by atoms with van der Waals surface area (Å²) in [6, 6.07) is 15.3. The van der Waals surface area contributed by atoms with Gasteiger partial charge in [-0.05, 0) is 36.6 Å². The molecule has 2 atom stereocenters. The summed E-state index contributed by atoms with van der Waals surface area (Å²) in [6.45, 7) is 3.93. The second-order valence-corrected chi connectivity index (χ2v) is 7.61. The van der Waals surface area contributed by atoms with Gasteiger partial charge in [0.1, 0.15) is 0 Å². The molecule has 0 aliphatic carbocycles. The molecule has 0 amide bonds. The van der Waals surface area contributed by atoms with E-state index in [9.17, 15) is 14.4 Å². The number of aryl methyl sites for hydroxylation is 1. The molecule has 23 heavy (non-hydrogen) atoms. The predicted octanol–water partition coefficient (Wildman–Crippen LogP) is 4.22. The molecule has 1 aliphatic rings. The number of hydrogen-bond donors (Lipinski definition) is 2. The SMILES string of the molecule is Cc1ccc2c(c1)C=CN(C(C)c1ccccc1)C2P(=O)(O)O. The Kier molecular flexibility index (Phi) is 4.15. The summed E-state index contributed by atoms with van der Waals surface area (Å²) in [5.74, 6) is -0.960. The molecule has 0 saturated carbocycles. The molecule has 120 valence electrons. The zero-order chi connectivity index (χ0) is 16.6. The van der Waals surface area contributed by atoms with E-state index >= 15 is 0 Å². The molecule has 2 unspecified atom stereocenters. The summed E-state index contributed by atoms with van der Waals surface area (Å²) < 4.78 is 12.2. The molecule has 0 aromatic heterocycles. The van der Waals surface area contributed by atoms with Crippen molar-refractivity contribution in [3.8, 4) is 0 Å². The molecule has 3 rings (SSSR count). The van der Waals surface area contributed by atoms with Crippen LogP contribution in [-0.4, -0.2) is 14.7 Å². The van der Waals surface area contributed by atoms with Gasteiger partial charge < -0.3 is 14.7 Å². The monoisotopic (exact) mass is 329 g/mol. The highest BCUT2D eigenvalue weighted by molar-refractivity contribution is 7.52. The van der Waals surface area contributed by atoms with Crippen molar-refractivity contribution in [3.63, 3.8) is 0 Å². The summed E-state index contributed by atoms with van der Waals surface area (Å²) in [6.07, 6.45) is 3.72. The maximum absolute atomic E-state index is 12.2. The first-order chi connectivity index (χ1) is 10.9. The van der Waals surface area contributed by atoms with E-state index in [0.29, 0.717) is 5.56 Å². The van der Waals surface area contributed by atoms with Crippen LogP contribution < -0.4 is 0 Å². The van der Waals surface area contributed by atoms with Crippen molar-refractivity contribution >= 4 is 13.7 Å². The molecule has 1 heterocycles. The van der Waals surface area contributed by atoms with Gasteiger partial charge in [-0.2, -0.15) is 0 Å². The summed E-state index contributed by atoms with van der Waals surface area (Å²) in [4.78, 5) is 21.7. The minimum absolute atomic E-state index is 0.139. The van der Waals surface area contributed by atoms with Crippen molar-refractivity contribution in [1.82, 2.24) is 4.90 Å². The Morgan fingerprint density at radius 3 is 2.48 bits per heavy atom. The van der Waals surface area contributed by atoms with E-state index in [0.717, 1.165) is 16.7 Å². The molecule has 0 saturated heterocycles. The lowest BCUT2D eigenvalue weighted by atomic mass is 9.99. The molecule has 1 aliphatic heterocycles. The van der Waals surface area contributed by atoms with E-state index in [1.165, 1.54) is 0 Å². The molecule has 0 bridgehead atoms. The van der Waals surface area contributed by atoms with Crippen molar-refractivity contribution in [2.45, 2.75) is 25.7 Å². The van der Waals surface area contributed by atoms with Gasteiger partial charge in [-0.1, -0.05) is 54.1 Å². The topological polar surface area (TPSA) is 60.8 Å². The van der Waals surface area contributed by atoms with E-state index in [1.807, 2.05) is 68.5 Å². The van der Waals surface area contributed by atoms with Crippen LogP contribution in [0.5, 0.6) is 0 Å². The largest absolute Gasteiger partial charge is 0.353 e. The fourth-order valence-electron chi connectivity index (χ4n) is 3.08. The Labute approximate surface area is 136 Å². The molecule has 2 aromatic carbocycles. The third kappa shape index (κ3) is 3.11. The van der Waals surface area contributed by atoms with Gasteiger partial charge in [0.2, 0.25) is 0 Å². The maximum Gasteiger partial charge on any atom is 0.352 e. The van der Waals surface area contributed by atoms with E-state index in [1.54, 1.807) is 11.1 Å². The smallest absolute Gasteiger partial charge is 0.352 e. The van der Waals surface area contributed by atoms with Crippen molar-refractivity contribution in [2.75, 3.05) is 0 Å². The third-order valence-electron chi connectivity index (χ3n) is 4.28. The Hall–Kier alpha value is -1.87. The zero-order valence-electron chi connectivity index (χ0n) is 13.1. The van der Waals surface area contributed by atoms with Crippen molar-refractivity contribution in [1.29, 1.82) is 0 Å². The molecular formula is C18H20NO3P. The molecule has 2 aromatic rings. The number of rotatable bonds is 3. The number of benzene rings is 2. The summed E-state index contributed by atoms with van der Waals surface area (Å²) in [5.41, 5.74) is 3.64. The lowest BCUT2D eigenvalue weighted by Gasteiger charge is -2.39. The standard InChI is InChI=1S/C18H20NO3P/c1-13-8-9-17-16(12-13)10-11-19(18(17)23(20,21)22)14(2)15-6-4-3-5-7-15/h3-12,14,18H,1-2H3,(H2,20,21,22). The highest BCUT2D eigenvalue weighted by atomic mass is 31.2. The summed E-state index contributed by atoms with van der Waals surface area (Å²) in [7, 11) is -4.34. The normalized spacial score (nSPS) is 18.6. The average molecular weight is 329 g/mol. The van der Waals surface area contributed by atoms with Gasteiger partial charge in [0.05, 0.1) is 6.04 Å².